The summed E-state index contributed by atoms with van der Waals surface area (Å²) in [5.74, 6) is 3.05. The number of allylic oxidation sites excluding steroid dienone is 1. The topological polar surface area (TPSA) is 46.5 Å². The molecule has 11 atom stereocenters. The number of fused-ring (bicyclic) bond motifs is 7. The summed E-state index contributed by atoms with van der Waals surface area (Å²) in [6, 6.07) is 0. The van der Waals surface area contributed by atoms with Crippen LogP contribution in [0.4, 0.5) is 0 Å². The number of aliphatic hydroxyl groups is 1. The van der Waals surface area contributed by atoms with E-state index >= 15 is 0 Å². The minimum atomic E-state index is -0.217. The van der Waals surface area contributed by atoms with Gasteiger partial charge in [0.15, 0.2) is 0 Å². The van der Waals surface area contributed by atoms with Crippen LogP contribution in [0.1, 0.15) is 203 Å². The molecule has 3 heteroatoms. The van der Waals surface area contributed by atoms with Gasteiger partial charge in [0, 0.05) is 11.8 Å². The second-order valence-electron chi connectivity index (χ2n) is 20.2. The van der Waals surface area contributed by atoms with Crippen molar-refractivity contribution in [2.45, 2.75) is 215 Å². The Kier molecular flexibility index (Phi) is 12.6. The molecular formula is C46H80O3. The largest absolute Gasteiger partial charge is 0.462 e. The maximum atomic E-state index is 13.2. The summed E-state index contributed by atoms with van der Waals surface area (Å²) >= 11 is 0. The first kappa shape index (κ1) is 39.4. The third-order valence-electron chi connectivity index (χ3n) is 17.3. The van der Waals surface area contributed by atoms with E-state index in [1.165, 1.54) is 108 Å². The zero-order valence-corrected chi connectivity index (χ0v) is 33.8. The Balaban J connectivity index is 1.13. The van der Waals surface area contributed by atoms with Crippen LogP contribution in [-0.4, -0.2) is 23.3 Å². The molecule has 0 aromatic heterocycles. The number of carbonyl (C=O) groups excluding carboxylic acids is 1. The molecule has 0 aromatic carbocycles. The standard InChI is InChI=1S/C46H80O3/c1-10-11-12-13-14-15-16-17-18-19-20-21-22-23-40(48)49-39-28-30-43(6)36(42(39,4)5)27-31-45(8)37(43)25-24-35-41-34(33(2)3)26-29-44(41,7)38(47)32-46(35,45)9/h34-39,41,47H,2,10-32H2,1,3-9H3/t34-,35+,36-,37+,38-,39-,41+,43-,44+,45+,46+/m0/s1. The van der Waals surface area contributed by atoms with Gasteiger partial charge in [0.05, 0.1) is 6.10 Å². The van der Waals surface area contributed by atoms with Gasteiger partial charge in [0.1, 0.15) is 6.10 Å². The molecule has 3 nitrogen and oxygen atoms in total. The van der Waals surface area contributed by atoms with Crippen molar-refractivity contribution in [2.24, 2.45) is 56.7 Å². The Morgan fingerprint density at radius 1 is 0.694 bits per heavy atom. The van der Waals surface area contributed by atoms with E-state index in [4.69, 9.17) is 4.74 Å². The third kappa shape index (κ3) is 7.26. The quantitative estimate of drug-likeness (QED) is 0.100. The van der Waals surface area contributed by atoms with Crippen molar-refractivity contribution in [3.63, 3.8) is 0 Å². The second-order valence-corrected chi connectivity index (χ2v) is 20.2. The zero-order chi connectivity index (χ0) is 35.7. The molecule has 0 saturated heterocycles. The summed E-state index contributed by atoms with van der Waals surface area (Å²) in [6.07, 6.45) is 28.2. The van der Waals surface area contributed by atoms with E-state index in [0.717, 1.165) is 38.5 Å². The zero-order valence-electron chi connectivity index (χ0n) is 33.8. The van der Waals surface area contributed by atoms with E-state index in [1.807, 2.05) is 0 Å². The molecule has 5 aliphatic carbocycles. The molecule has 49 heavy (non-hydrogen) atoms. The lowest BCUT2D eigenvalue weighted by atomic mass is 9.32. The molecule has 282 valence electrons. The van der Waals surface area contributed by atoms with Crippen LogP contribution >= 0.6 is 0 Å². The molecule has 0 unspecified atom stereocenters. The monoisotopic (exact) mass is 681 g/mol. The molecule has 1 N–H and O–H groups in total. The number of aliphatic hydroxyl groups excluding tert-OH is 1. The van der Waals surface area contributed by atoms with Crippen molar-refractivity contribution in [2.75, 3.05) is 0 Å². The van der Waals surface area contributed by atoms with E-state index in [0.29, 0.717) is 36.0 Å². The van der Waals surface area contributed by atoms with Gasteiger partial charge < -0.3 is 9.84 Å². The van der Waals surface area contributed by atoms with Crippen molar-refractivity contribution in [1.82, 2.24) is 0 Å². The van der Waals surface area contributed by atoms with Gasteiger partial charge in [0.2, 0.25) is 0 Å². The minimum Gasteiger partial charge on any atom is -0.462 e. The van der Waals surface area contributed by atoms with E-state index in [-0.39, 0.29) is 45.3 Å². The molecule has 5 rings (SSSR count). The number of unbranched alkanes of at least 4 members (excludes halogenated alkanes) is 12. The Labute approximate surface area is 304 Å². The van der Waals surface area contributed by atoms with Gasteiger partial charge in [0.25, 0.3) is 0 Å². The summed E-state index contributed by atoms with van der Waals surface area (Å²) in [6.45, 7) is 24.2. The van der Waals surface area contributed by atoms with Crippen LogP contribution < -0.4 is 0 Å². The van der Waals surface area contributed by atoms with Crippen LogP contribution in [0.15, 0.2) is 12.2 Å². The van der Waals surface area contributed by atoms with Crippen molar-refractivity contribution in [1.29, 1.82) is 0 Å². The van der Waals surface area contributed by atoms with Gasteiger partial charge in [-0.15, -0.1) is 0 Å². The van der Waals surface area contributed by atoms with Crippen LogP contribution in [-0.2, 0) is 9.53 Å². The average Bonchev–Trinajstić information content (AvgIpc) is 3.40. The highest BCUT2D eigenvalue weighted by Gasteiger charge is 2.72. The molecule has 0 aromatic rings. The predicted molar refractivity (Wildman–Crippen MR) is 206 cm³/mol. The fourth-order valence-corrected chi connectivity index (χ4v) is 14.2. The van der Waals surface area contributed by atoms with E-state index < -0.39 is 0 Å². The summed E-state index contributed by atoms with van der Waals surface area (Å²) in [5, 5.41) is 11.9. The van der Waals surface area contributed by atoms with Crippen LogP contribution in [0.5, 0.6) is 0 Å². The summed E-state index contributed by atoms with van der Waals surface area (Å²) in [7, 11) is 0. The number of rotatable bonds is 16. The fourth-order valence-electron chi connectivity index (χ4n) is 14.2. The lowest BCUT2D eigenvalue weighted by Gasteiger charge is -2.73. The molecule has 0 spiro atoms. The Bertz CT molecular complexity index is 1130. The first-order valence-corrected chi connectivity index (χ1v) is 21.7. The Morgan fingerprint density at radius 3 is 1.86 bits per heavy atom. The summed E-state index contributed by atoms with van der Waals surface area (Å²) in [5.41, 5.74) is 1.98. The SMILES string of the molecule is C=C(C)[C@@H]1CC[C@@]2(C)[C@H]1[C@H]1CC[C@@H]3[C@@]4(C)CC[C@H](OC(=O)CCCCCCCCCCCCCCC)C(C)(C)[C@@H]4CC[C@@]3(C)[C@]1(C)C[C@@H]2O. The maximum absolute atomic E-state index is 13.2. The van der Waals surface area contributed by atoms with Gasteiger partial charge in [-0.1, -0.05) is 138 Å². The van der Waals surface area contributed by atoms with Crippen molar-refractivity contribution in [3.05, 3.63) is 12.2 Å². The van der Waals surface area contributed by atoms with Gasteiger partial charge >= 0.3 is 5.97 Å². The second kappa shape index (κ2) is 15.6. The number of carbonyl (C=O) groups is 1. The fraction of sp³-hybridized carbons (Fsp3) is 0.935. The Hall–Kier alpha value is -0.830. The number of ether oxygens (including phenoxy) is 1. The van der Waals surface area contributed by atoms with Crippen LogP contribution in [0, 0.1) is 56.7 Å². The highest BCUT2D eigenvalue weighted by atomic mass is 16.5. The highest BCUT2D eigenvalue weighted by Crippen LogP contribution is 2.77. The van der Waals surface area contributed by atoms with Gasteiger partial charge in [-0.05, 0) is 122 Å². The summed E-state index contributed by atoms with van der Waals surface area (Å²) in [4.78, 5) is 13.2. The molecule has 0 bridgehead atoms. The van der Waals surface area contributed by atoms with E-state index in [9.17, 15) is 9.90 Å². The van der Waals surface area contributed by atoms with Crippen LogP contribution in [0.3, 0.4) is 0 Å². The normalized spacial score (nSPS) is 42.4. The first-order valence-electron chi connectivity index (χ1n) is 21.7. The highest BCUT2D eigenvalue weighted by molar-refractivity contribution is 5.69. The molecule has 5 saturated carbocycles. The molecule has 0 amide bonds. The smallest absolute Gasteiger partial charge is 0.306 e. The lowest BCUT2D eigenvalue weighted by molar-refractivity contribution is -0.262. The molecule has 5 aliphatic rings. The maximum Gasteiger partial charge on any atom is 0.306 e. The lowest BCUT2D eigenvalue weighted by Crippen LogP contribution is -2.68. The molecule has 0 aliphatic heterocycles. The first-order chi connectivity index (χ1) is 23.2. The predicted octanol–water partition coefficient (Wildman–Crippen LogP) is 13.0. The minimum absolute atomic E-state index is 0.0150. The van der Waals surface area contributed by atoms with Crippen molar-refractivity contribution < 1.29 is 14.6 Å². The van der Waals surface area contributed by atoms with E-state index in [2.05, 4.69) is 62.0 Å². The van der Waals surface area contributed by atoms with E-state index in [1.54, 1.807) is 0 Å². The average molecular weight is 681 g/mol. The number of esters is 1. The van der Waals surface area contributed by atoms with Crippen LogP contribution in [0.2, 0.25) is 0 Å². The number of hydrogen-bond acceptors (Lipinski definition) is 3. The Morgan fingerprint density at radius 2 is 1.27 bits per heavy atom. The van der Waals surface area contributed by atoms with Crippen molar-refractivity contribution >= 4 is 5.97 Å². The number of hydrogen-bond donors (Lipinski definition) is 1. The van der Waals surface area contributed by atoms with Crippen molar-refractivity contribution in [3.8, 4) is 0 Å². The molecule has 5 fully saturated rings. The third-order valence-corrected chi connectivity index (χ3v) is 17.3. The molecular weight excluding hydrogens is 601 g/mol. The van der Waals surface area contributed by atoms with Gasteiger partial charge in [-0.3, -0.25) is 4.79 Å². The molecule has 0 heterocycles. The van der Waals surface area contributed by atoms with Gasteiger partial charge in [-0.2, -0.15) is 0 Å². The van der Waals surface area contributed by atoms with Gasteiger partial charge in [-0.25, -0.2) is 0 Å². The molecule has 0 radical (unpaired) electrons. The summed E-state index contributed by atoms with van der Waals surface area (Å²) < 4.78 is 6.40. The van der Waals surface area contributed by atoms with Crippen LogP contribution in [0.25, 0.3) is 0 Å².